The van der Waals surface area contributed by atoms with E-state index in [1.54, 1.807) is 0 Å². The Bertz CT molecular complexity index is 1530. The quantitative estimate of drug-likeness (QED) is 0.0261. The van der Waals surface area contributed by atoms with Crippen molar-refractivity contribution in [1.29, 1.82) is 0 Å². The summed E-state index contributed by atoms with van der Waals surface area (Å²) in [5.41, 5.74) is 0. The molecule has 0 aromatic carbocycles. The van der Waals surface area contributed by atoms with E-state index in [4.69, 9.17) is 14.2 Å². The summed E-state index contributed by atoms with van der Waals surface area (Å²) in [5, 5.41) is 0. The summed E-state index contributed by atoms with van der Waals surface area (Å²) in [6.45, 7) is 6.43. The van der Waals surface area contributed by atoms with Crippen molar-refractivity contribution in [1.82, 2.24) is 0 Å². The molecule has 6 nitrogen and oxygen atoms in total. The second kappa shape index (κ2) is 69.1. The average Bonchev–Trinajstić information content (AvgIpc) is 3.47. The Morgan fingerprint density at radius 2 is 0.531 bits per heavy atom. The molecule has 0 bridgehead atoms. The molecule has 0 aliphatic rings. The van der Waals surface area contributed by atoms with E-state index < -0.39 is 12.1 Å². The Hall–Kier alpha value is -3.41. The van der Waals surface area contributed by atoms with Crippen molar-refractivity contribution in [2.24, 2.45) is 0 Å². The van der Waals surface area contributed by atoms with Crippen LogP contribution in [-0.2, 0) is 28.6 Å². The fraction of sp³-hybridized carbons (Fsp3) is 0.773. The van der Waals surface area contributed by atoms with E-state index in [9.17, 15) is 14.4 Å². The molecule has 0 saturated heterocycles. The highest BCUT2D eigenvalue weighted by Gasteiger charge is 2.19. The van der Waals surface area contributed by atoms with Gasteiger partial charge < -0.3 is 14.2 Å². The third-order valence-corrected chi connectivity index (χ3v) is 15.4. The van der Waals surface area contributed by atoms with E-state index in [1.165, 1.54) is 212 Å². The molecule has 1 atom stereocenters. The van der Waals surface area contributed by atoms with E-state index in [1.807, 2.05) is 6.08 Å². The predicted octanol–water partition coefficient (Wildman–Crippen LogP) is 24.2. The SMILES string of the molecule is CC/C=C\C/C=C\C/C=C\C/C=C\C/C=C\C/C=C\CCC(=O)OC(COC(=O)CCCCCCC/C=C\CCC)COC(=O)CCCCCCCCCCCCCCCCCCCCCCCCCCCCCCCCCCCC. The molecule has 0 fully saturated rings. The molecule has 81 heavy (non-hydrogen) atoms. The highest BCUT2D eigenvalue weighted by atomic mass is 16.6. The van der Waals surface area contributed by atoms with Gasteiger partial charge in [-0.05, 0) is 77.0 Å². The van der Waals surface area contributed by atoms with Crippen LogP contribution in [0.1, 0.15) is 355 Å². The molecule has 0 aromatic rings. The third kappa shape index (κ3) is 67.3. The van der Waals surface area contributed by atoms with Crippen molar-refractivity contribution < 1.29 is 28.6 Å². The molecule has 0 saturated carbocycles. The first kappa shape index (κ1) is 77.6. The molecular formula is C75H132O6. The standard InChI is InChI=1S/C75H132O6/c1-4-7-10-13-16-19-22-24-26-28-30-31-32-33-34-35-36-37-38-39-40-41-42-43-44-46-47-49-51-53-56-59-62-65-68-74(77)80-71-72(70-79-73(76)67-64-61-58-55-21-18-15-12-9-6-3)81-75(78)69-66-63-60-57-54-52-50-48-45-29-27-25-23-20-17-14-11-8-5-2/h8,11-12,15,17,20,25,27,45,48,52,54,60,63,72H,4-7,9-10,13-14,16,18-19,21-24,26,28-44,46-47,49-51,53,55-59,61-62,64-71H2,1-3H3/b11-8-,15-12-,20-17-,27-25-,48-45-,54-52-,63-60-. The van der Waals surface area contributed by atoms with Gasteiger partial charge in [0, 0.05) is 19.3 Å². The van der Waals surface area contributed by atoms with Crippen LogP contribution in [0, 0.1) is 0 Å². The lowest BCUT2D eigenvalue weighted by atomic mass is 10.0. The molecule has 0 amide bonds. The fourth-order valence-electron chi connectivity index (χ4n) is 10.2. The summed E-state index contributed by atoms with van der Waals surface area (Å²) in [5.74, 6) is -0.991. The monoisotopic (exact) mass is 1130 g/mol. The van der Waals surface area contributed by atoms with Crippen molar-refractivity contribution in [3.8, 4) is 0 Å². The zero-order valence-electron chi connectivity index (χ0n) is 53.8. The van der Waals surface area contributed by atoms with Crippen molar-refractivity contribution in [2.75, 3.05) is 13.2 Å². The van der Waals surface area contributed by atoms with E-state index in [-0.39, 0.29) is 31.6 Å². The van der Waals surface area contributed by atoms with Crippen LogP contribution >= 0.6 is 0 Å². The summed E-state index contributed by atoms with van der Waals surface area (Å²) in [4.78, 5) is 38.2. The lowest BCUT2D eigenvalue weighted by Crippen LogP contribution is -2.30. The Labute approximate surface area is 503 Å². The van der Waals surface area contributed by atoms with Crippen LogP contribution in [0.25, 0.3) is 0 Å². The Morgan fingerprint density at radius 1 is 0.259 bits per heavy atom. The van der Waals surface area contributed by atoms with Gasteiger partial charge in [0.05, 0.1) is 0 Å². The highest BCUT2D eigenvalue weighted by Crippen LogP contribution is 2.18. The van der Waals surface area contributed by atoms with Gasteiger partial charge in [-0.15, -0.1) is 0 Å². The van der Waals surface area contributed by atoms with Crippen LogP contribution in [0.5, 0.6) is 0 Å². The molecule has 0 spiro atoms. The van der Waals surface area contributed by atoms with Crippen molar-refractivity contribution >= 4 is 17.9 Å². The Balaban J connectivity index is 4.12. The molecule has 468 valence electrons. The number of hydrogen-bond acceptors (Lipinski definition) is 6. The number of carbonyl (C=O) groups is 3. The topological polar surface area (TPSA) is 78.9 Å². The van der Waals surface area contributed by atoms with Crippen LogP contribution in [0.3, 0.4) is 0 Å². The lowest BCUT2D eigenvalue weighted by molar-refractivity contribution is -0.166. The van der Waals surface area contributed by atoms with Gasteiger partial charge in [0.25, 0.3) is 0 Å². The number of rotatable bonds is 64. The number of unbranched alkanes of at least 4 members (excludes halogenated alkanes) is 39. The summed E-state index contributed by atoms with van der Waals surface area (Å²) < 4.78 is 16.8. The highest BCUT2D eigenvalue weighted by molar-refractivity contribution is 5.71. The predicted molar refractivity (Wildman–Crippen MR) is 353 cm³/mol. The van der Waals surface area contributed by atoms with Crippen molar-refractivity contribution in [2.45, 2.75) is 361 Å². The maximum atomic E-state index is 12.9. The van der Waals surface area contributed by atoms with Crippen LogP contribution < -0.4 is 0 Å². The molecule has 0 aromatic heterocycles. The molecule has 0 N–H and O–H groups in total. The van der Waals surface area contributed by atoms with Gasteiger partial charge in [-0.2, -0.15) is 0 Å². The first-order chi connectivity index (χ1) is 40.0. The van der Waals surface area contributed by atoms with E-state index >= 15 is 0 Å². The molecule has 0 radical (unpaired) electrons. The zero-order valence-corrected chi connectivity index (χ0v) is 53.8. The van der Waals surface area contributed by atoms with Gasteiger partial charge in [0.1, 0.15) is 13.2 Å². The number of allylic oxidation sites excluding steroid dienone is 14. The van der Waals surface area contributed by atoms with Crippen molar-refractivity contribution in [3.63, 3.8) is 0 Å². The van der Waals surface area contributed by atoms with Crippen LogP contribution in [0.4, 0.5) is 0 Å². The van der Waals surface area contributed by atoms with Gasteiger partial charge in [-0.25, -0.2) is 0 Å². The van der Waals surface area contributed by atoms with Gasteiger partial charge in [-0.3, -0.25) is 14.4 Å². The molecule has 1 unspecified atom stereocenters. The third-order valence-electron chi connectivity index (χ3n) is 15.4. The number of esters is 3. The summed E-state index contributed by atoms with van der Waals surface area (Å²) >= 11 is 0. The fourth-order valence-corrected chi connectivity index (χ4v) is 10.2. The molecule has 0 aliphatic carbocycles. The van der Waals surface area contributed by atoms with Gasteiger partial charge >= 0.3 is 17.9 Å². The van der Waals surface area contributed by atoms with Crippen molar-refractivity contribution in [3.05, 3.63) is 85.1 Å². The number of ether oxygens (including phenoxy) is 3. The average molecular weight is 1130 g/mol. The maximum absolute atomic E-state index is 12.9. The summed E-state index contributed by atoms with van der Waals surface area (Å²) in [7, 11) is 0. The molecule has 6 heteroatoms. The van der Waals surface area contributed by atoms with E-state index in [2.05, 4.69) is 99.8 Å². The molecule has 0 aliphatic heterocycles. The van der Waals surface area contributed by atoms with E-state index in [0.29, 0.717) is 19.3 Å². The maximum Gasteiger partial charge on any atom is 0.306 e. The van der Waals surface area contributed by atoms with Crippen LogP contribution in [0.15, 0.2) is 85.1 Å². The van der Waals surface area contributed by atoms with Crippen LogP contribution in [0.2, 0.25) is 0 Å². The number of carbonyl (C=O) groups excluding carboxylic acids is 3. The van der Waals surface area contributed by atoms with Crippen LogP contribution in [-0.4, -0.2) is 37.2 Å². The first-order valence-electron chi connectivity index (χ1n) is 35.1. The first-order valence-corrected chi connectivity index (χ1v) is 35.1. The summed E-state index contributed by atoms with van der Waals surface area (Å²) in [6.07, 6.45) is 92.4. The normalized spacial score (nSPS) is 12.6. The minimum Gasteiger partial charge on any atom is -0.462 e. The second-order valence-electron chi connectivity index (χ2n) is 23.4. The minimum absolute atomic E-state index is 0.107. The van der Waals surface area contributed by atoms with Gasteiger partial charge in [0.15, 0.2) is 6.10 Å². The smallest absolute Gasteiger partial charge is 0.306 e. The minimum atomic E-state index is -0.820. The van der Waals surface area contributed by atoms with E-state index in [0.717, 1.165) is 96.3 Å². The molecular weight excluding hydrogens is 997 g/mol. The number of hydrogen-bond donors (Lipinski definition) is 0. The lowest BCUT2D eigenvalue weighted by Gasteiger charge is -2.18. The zero-order chi connectivity index (χ0) is 58.5. The van der Waals surface area contributed by atoms with Gasteiger partial charge in [0.2, 0.25) is 0 Å². The Kier molecular flexibility index (Phi) is 66.2. The van der Waals surface area contributed by atoms with Gasteiger partial charge in [-0.1, -0.05) is 343 Å². The summed E-state index contributed by atoms with van der Waals surface area (Å²) in [6, 6.07) is 0. The molecule has 0 heterocycles. The Morgan fingerprint density at radius 3 is 0.852 bits per heavy atom. The second-order valence-corrected chi connectivity index (χ2v) is 23.4. The molecule has 0 rings (SSSR count). The largest absolute Gasteiger partial charge is 0.462 e.